The van der Waals surface area contributed by atoms with Crippen molar-refractivity contribution >= 4 is 17.9 Å². The normalized spacial score (nSPS) is 15.0. The number of carbonyl (C=O) groups excluding carboxylic acids is 2. The summed E-state index contributed by atoms with van der Waals surface area (Å²) in [5, 5.41) is 9.57. The van der Waals surface area contributed by atoms with Gasteiger partial charge in [-0.05, 0) is 48.3 Å². The largest absolute Gasteiger partial charge is 0.493 e. The number of hydrogen-bond acceptors (Lipinski definition) is 5. The molecule has 0 saturated heterocycles. The molecule has 3 rings (SSSR count). The van der Waals surface area contributed by atoms with Gasteiger partial charge in [-0.3, -0.25) is 14.5 Å². The number of amides is 2. The molecule has 176 valence electrons. The minimum Gasteiger partial charge on any atom is -0.493 e. The van der Waals surface area contributed by atoms with Crippen molar-refractivity contribution in [3.63, 3.8) is 0 Å². The molecule has 2 aromatic rings. The standard InChI is InChI=1S/C28H30N2O4/c1-4-5-6-10-15-30-27(31)23(20(2)24(18-29)28(30)32)16-22-13-14-25(26(17-22)33-3)34-19-21-11-8-7-9-12-21/h7-9,11-14,16-17H,4-6,10,15,19H2,1-3H3/b23-16+. The third kappa shape index (κ3) is 5.74. The number of nitriles is 1. The summed E-state index contributed by atoms with van der Waals surface area (Å²) in [6.45, 7) is 4.45. The number of imide groups is 1. The van der Waals surface area contributed by atoms with Gasteiger partial charge < -0.3 is 9.47 Å². The zero-order chi connectivity index (χ0) is 24.5. The van der Waals surface area contributed by atoms with Crippen LogP contribution in [-0.4, -0.2) is 30.4 Å². The third-order valence-electron chi connectivity index (χ3n) is 5.80. The Hall–Kier alpha value is -3.85. The fourth-order valence-electron chi connectivity index (χ4n) is 3.82. The minimum absolute atomic E-state index is 0.0103. The van der Waals surface area contributed by atoms with Gasteiger partial charge in [-0.15, -0.1) is 0 Å². The molecule has 0 N–H and O–H groups in total. The van der Waals surface area contributed by atoms with Gasteiger partial charge in [0, 0.05) is 12.1 Å². The van der Waals surface area contributed by atoms with Gasteiger partial charge in [0.2, 0.25) is 0 Å². The maximum Gasteiger partial charge on any atom is 0.271 e. The summed E-state index contributed by atoms with van der Waals surface area (Å²) in [6, 6.07) is 17.2. The van der Waals surface area contributed by atoms with E-state index in [1.165, 1.54) is 4.90 Å². The molecule has 34 heavy (non-hydrogen) atoms. The van der Waals surface area contributed by atoms with E-state index in [2.05, 4.69) is 6.92 Å². The Bertz CT molecular complexity index is 1140. The molecular formula is C28H30N2O4. The molecule has 1 heterocycles. The van der Waals surface area contributed by atoms with Crippen LogP contribution in [0, 0.1) is 11.3 Å². The summed E-state index contributed by atoms with van der Waals surface area (Å²) in [5.74, 6) is 0.228. The molecule has 0 radical (unpaired) electrons. The maximum atomic E-state index is 13.2. The lowest BCUT2D eigenvalue weighted by molar-refractivity contribution is -0.140. The van der Waals surface area contributed by atoms with Gasteiger partial charge in [-0.25, -0.2) is 0 Å². The van der Waals surface area contributed by atoms with Crippen LogP contribution in [0.15, 0.2) is 65.3 Å². The lowest BCUT2D eigenvalue weighted by atomic mass is 9.93. The topological polar surface area (TPSA) is 79.6 Å². The number of hydrogen-bond donors (Lipinski definition) is 0. The lowest BCUT2D eigenvalue weighted by Crippen LogP contribution is -2.43. The lowest BCUT2D eigenvalue weighted by Gasteiger charge is -2.27. The predicted octanol–water partition coefficient (Wildman–Crippen LogP) is 5.45. The van der Waals surface area contributed by atoms with Crippen LogP contribution in [0.2, 0.25) is 0 Å². The molecular weight excluding hydrogens is 428 g/mol. The quantitative estimate of drug-likeness (QED) is 0.269. The van der Waals surface area contributed by atoms with E-state index in [0.717, 1.165) is 31.2 Å². The van der Waals surface area contributed by atoms with Crippen LogP contribution in [0.25, 0.3) is 6.08 Å². The average Bonchev–Trinajstić information content (AvgIpc) is 2.86. The Morgan fingerprint density at radius 1 is 1.00 bits per heavy atom. The maximum absolute atomic E-state index is 13.2. The molecule has 0 aliphatic carbocycles. The van der Waals surface area contributed by atoms with Gasteiger partial charge in [0.25, 0.3) is 11.8 Å². The molecule has 1 aliphatic heterocycles. The highest BCUT2D eigenvalue weighted by Gasteiger charge is 2.35. The summed E-state index contributed by atoms with van der Waals surface area (Å²) in [5.41, 5.74) is 2.50. The Morgan fingerprint density at radius 3 is 2.44 bits per heavy atom. The highest BCUT2D eigenvalue weighted by atomic mass is 16.5. The van der Waals surface area contributed by atoms with Crippen molar-refractivity contribution in [1.29, 1.82) is 5.26 Å². The fraction of sp³-hybridized carbons (Fsp3) is 0.321. The number of nitrogens with zero attached hydrogens (tertiary/aromatic N) is 2. The first-order valence-electron chi connectivity index (χ1n) is 11.5. The molecule has 6 nitrogen and oxygen atoms in total. The van der Waals surface area contributed by atoms with Crippen molar-refractivity contribution < 1.29 is 19.1 Å². The molecule has 0 fully saturated rings. The Morgan fingerprint density at radius 2 is 1.76 bits per heavy atom. The van der Waals surface area contributed by atoms with E-state index in [0.29, 0.717) is 41.4 Å². The number of methoxy groups -OCH3 is 1. The average molecular weight is 459 g/mol. The number of ether oxygens (including phenoxy) is 2. The number of rotatable bonds is 10. The molecule has 0 aromatic heterocycles. The Kier molecular flexibility index (Phi) is 8.64. The number of unbranched alkanes of at least 4 members (excludes halogenated alkanes) is 3. The summed E-state index contributed by atoms with van der Waals surface area (Å²) in [6.07, 6.45) is 5.44. The van der Waals surface area contributed by atoms with Gasteiger partial charge in [-0.1, -0.05) is 62.6 Å². The predicted molar refractivity (Wildman–Crippen MR) is 131 cm³/mol. The van der Waals surface area contributed by atoms with Crippen LogP contribution < -0.4 is 9.47 Å². The van der Waals surface area contributed by atoms with E-state index in [4.69, 9.17) is 9.47 Å². The van der Waals surface area contributed by atoms with Gasteiger partial charge in [0.05, 0.1) is 7.11 Å². The molecule has 0 atom stereocenters. The van der Waals surface area contributed by atoms with Crippen LogP contribution in [-0.2, 0) is 16.2 Å². The molecule has 2 amide bonds. The molecule has 6 heteroatoms. The SMILES string of the molecule is CCCCCCN1C(=O)C(C#N)=C(C)/C(=C\c2ccc(OCc3ccccc3)c(OC)c2)C1=O. The van der Waals surface area contributed by atoms with Crippen molar-refractivity contribution in [3.05, 3.63) is 76.4 Å². The first-order chi connectivity index (χ1) is 16.5. The molecule has 0 unspecified atom stereocenters. The molecule has 0 saturated carbocycles. The van der Waals surface area contributed by atoms with E-state index < -0.39 is 5.91 Å². The van der Waals surface area contributed by atoms with E-state index in [1.54, 1.807) is 32.2 Å². The van der Waals surface area contributed by atoms with Crippen molar-refractivity contribution in [2.75, 3.05) is 13.7 Å². The van der Waals surface area contributed by atoms with Gasteiger partial charge in [-0.2, -0.15) is 5.26 Å². The zero-order valence-corrected chi connectivity index (χ0v) is 20.0. The number of benzene rings is 2. The highest BCUT2D eigenvalue weighted by molar-refractivity contribution is 6.19. The second kappa shape index (κ2) is 11.9. The van der Waals surface area contributed by atoms with E-state index in [9.17, 15) is 14.9 Å². The van der Waals surface area contributed by atoms with Crippen molar-refractivity contribution in [2.24, 2.45) is 0 Å². The fourth-order valence-corrected chi connectivity index (χ4v) is 3.82. The third-order valence-corrected chi connectivity index (χ3v) is 5.80. The molecule has 2 aromatic carbocycles. The molecule has 0 spiro atoms. The monoisotopic (exact) mass is 458 g/mol. The van der Waals surface area contributed by atoms with Crippen LogP contribution in [0.4, 0.5) is 0 Å². The molecule has 0 bridgehead atoms. The molecule has 1 aliphatic rings. The second-order valence-electron chi connectivity index (χ2n) is 8.18. The van der Waals surface area contributed by atoms with E-state index >= 15 is 0 Å². The Balaban J connectivity index is 1.87. The van der Waals surface area contributed by atoms with Crippen molar-refractivity contribution in [1.82, 2.24) is 4.90 Å². The van der Waals surface area contributed by atoms with Crippen molar-refractivity contribution in [2.45, 2.75) is 46.1 Å². The summed E-state index contributed by atoms with van der Waals surface area (Å²) < 4.78 is 11.4. The van der Waals surface area contributed by atoms with E-state index in [-0.39, 0.29) is 11.5 Å². The first kappa shape index (κ1) is 24.8. The van der Waals surface area contributed by atoms with Crippen molar-refractivity contribution in [3.8, 4) is 17.6 Å². The van der Waals surface area contributed by atoms with Crippen LogP contribution in [0.1, 0.15) is 50.7 Å². The smallest absolute Gasteiger partial charge is 0.271 e. The highest BCUT2D eigenvalue weighted by Crippen LogP contribution is 2.32. The van der Waals surface area contributed by atoms with Gasteiger partial charge in [0.15, 0.2) is 11.5 Å². The second-order valence-corrected chi connectivity index (χ2v) is 8.18. The van der Waals surface area contributed by atoms with E-state index in [1.807, 2.05) is 42.5 Å². The van der Waals surface area contributed by atoms with Gasteiger partial charge in [0.1, 0.15) is 18.2 Å². The zero-order valence-electron chi connectivity index (χ0n) is 20.0. The first-order valence-corrected chi connectivity index (χ1v) is 11.5. The van der Waals surface area contributed by atoms with Gasteiger partial charge >= 0.3 is 0 Å². The Labute approximate surface area is 201 Å². The van der Waals surface area contributed by atoms with Crippen LogP contribution in [0.5, 0.6) is 11.5 Å². The minimum atomic E-state index is -0.513. The summed E-state index contributed by atoms with van der Waals surface area (Å²) in [4.78, 5) is 27.1. The summed E-state index contributed by atoms with van der Waals surface area (Å²) >= 11 is 0. The number of carbonyl (C=O) groups is 2. The van der Waals surface area contributed by atoms with Crippen LogP contribution in [0.3, 0.4) is 0 Å². The summed E-state index contributed by atoms with van der Waals surface area (Å²) in [7, 11) is 1.56. The van der Waals surface area contributed by atoms with Crippen LogP contribution >= 0.6 is 0 Å².